The predicted octanol–water partition coefficient (Wildman–Crippen LogP) is 3.27. The van der Waals surface area contributed by atoms with Crippen molar-refractivity contribution in [3.05, 3.63) is 22.7 Å². The number of benzene rings is 1. The molecule has 1 aromatic rings. The molecule has 0 atom stereocenters. The molecule has 0 aliphatic carbocycles. The third-order valence-electron chi connectivity index (χ3n) is 2.97. The highest BCUT2D eigenvalue weighted by Crippen LogP contribution is 2.38. The Balaban J connectivity index is 2.42. The average Bonchev–Trinajstić information content (AvgIpc) is 2.53. The molecule has 0 saturated carbocycles. The van der Waals surface area contributed by atoms with E-state index in [2.05, 4.69) is 21.3 Å². The zero-order chi connectivity index (χ0) is 16.1. The molecule has 1 aliphatic rings. The van der Waals surface area contributed by atoms with E-state index in [1.54, 1.807) is 19.1 Å². The minimum absolute atomic E-state index is 0.432. The molecule has 0 aromatic heterocycles. The van der Waals surface area contributed by atoms with Crippen LogP contribution in [0.25, 0.3) is 0 Å². The molecule has 22 heavy (non-hydrogen) atoms. The van der Waals surface area contributed by atoms with Gasteiger partial charge in [0.2, 0.25) is 0 Å². The molecule has 1 aliphatic heterocycles. The summed E-state index contributed by atoms with van der Waals surface area (Å²) >= 11 is 1.36. The lowest BCUT2D eigenvalue weighted by Gasteiger charge is -2.11. The number of nitrogen functional groups attached to an aromatic ring is 1. The van der Waals surface area contributed by atoms with Crippen LogP contribution in [0, 0.1) is 11.3 Å². The maximum atomic E-state index is 9.18. The number of hydrogen-bond donors (Lipinski definition) is 1. The number of thioether (sulfide) groups is 1. The molecule has 0 amide bonds. The molecule has 0 saturated heterocycles. The molecule has 0 spiro atoms. The molecule has 8 heteroatoms. The van der Waals surface area contributed by atoms with E-state index in [1.807, 2.05) is 0 Å². The first-order valence-electron chi connectivity index (χ1n) is 6.32. The zero-order valence-electron chi connectivity index (χ0n) is 12.5. The van der Waals surface area contributed by atoms with Crippen molar-refractivity contribution in [3.63, 3.8) is 0 Å². The van der Waals surface area contributed by atoms with Gasteiger partial charge < -0.3 is 15.2 Å². The molecular weight excluding hydrogens is 302 g/mol. The van der Waals surface area contributed by atoms with Gasteiger partial charge in [-0.25, -0.2) is 0 Å². The van der Waals surface area contributed by atoms with E-state index >= 15 is 0 Å². The number of methoxy groups -OCH3 is 2. The van der Waals surface area contributed by atoms with E-state index in [0.29, 0.717) is 45.1 Å². The van der Waals surface area contributed by atoms with Crippen molar-refractivity contribution in [1.29, 1.82) is 5.26 Å². The summed E-state index contributed by atoms with van der Waals surface area (Å²) in [5.74, 6) is 1.48. The lowest BCUT2D eigenvalue weighted by molar-refractivity contribution is 0.406. The number of rotatable bonds is 4. The lowest BCUT2D eigenvalue weighted by atomic mass is 10.2. The normalized spacial score (nSPS) is 14.7. The Kier molecular flexibility index (Phi) is 5.01. The largest absolute Gasteiger partial charge is 0.495 e. The number of nitrogens with two attached hydrogens (primary N) is 1. The van der Waals surface area contributed by atoms with Gasteiger partial charge in [-0.1, -0.05) is 11.8 Å². The van der Waals surface area contributed by atoms with Crippen LogP contribution >= 0.6 is 11.8 Å². The quantitative estimate of drug-likeness (QED) is 0.677. The van der Waals surface area contributed by atoms with E-state index in [9.17, 15) is 5.26 Å². The second-order valence-corrected chi connectivity index (χ2v) is 5.21. The van der Waals surface area contributed by atoms with Crippen molar-refractivity contribution in [3.8, 4) is 17.6 Å². The summed E-state index contributed by atoms with van der Waals surface area (Å²) in [6, 6.07) is 5.35. The van der Waals surface area contributed by atoms with Crippen molar-refractivity contribution in [1.82, 2.24) is 0 Å². The SMILES string of the molecule is COc1cc(N=NC2=C(C#N)C(C)=NCS2)c(OC)cc1N. The van der Waals surface area contributed by atoms with Gasteiger partial charge in [-0.05, 0) is 6.92 Å². The number of azo groups is 1. The molecule has 0 radical (unpaired) electrons. The molecule has 0 bridgehead atoms. The van der Waals surface area contributed by atoms with Crippen molar-refractivity contribution in [2.75, 3.05) is 25.8 Å². The Bertz CT molecular complexity index is 719. The highest BCUT2D eigenvalue weighted by Gasteiger charge is 2.15. The fourth-order valence-corrected chi connectivity index (χ4v) is 2.60. The molecule has 114 valence electrons. The number of aliphatic imine (C=N–C) groups is 1. The van der Waals surface area contributed by atoms with Crippen LogP contribution in [0.4, 0.5) is 11.4 Å². The van der Waals surface area contributed by atoms with Gasteiger partial charge in [-0.15, -0.1) is 10.2 Å². The maximum Gasteiger partial charge on any atom is 0.148 e. The van der Waals surface area contributed by atoms with Crippen LogP contribution in [0.3, 0.4) is 0 Å². The predicted molar refractivity (Wildman–Crippen MR) is 86.7 cm³/mol. The van der Waals surface area contributed by atoms with Crippen LogP contribution in [0.1, 0.15) is 6.92 Å². The van der Waals surface area contributed by atoms with Gasteiger partial charge in [0.15, 0.2) is 0 Å². The standard InChI is InChI=1S/C14H15N5O2S/c1-8-9(6-15)14(22-7-17-8)19-18-11-5-12(20-2)10(16)4-13(11)21-3/h4-5H,7,16H2,1-3H3. The highest BCUT2D eigenvalue weighted by atomic mass is 32.2. The van der Waals surface area contributed by atoms with Gasteiger partial charge in [0.25, 0.3) is 0 Å². The average molecular weight is 317 g/mol. The Hall–Kier alpha value is -2.53. The molecule has 2 rings (SSSR count). The van der Waals surface area contributed by atoms with E-state index in [1.165, 1.54) is 26.0 Å². The van der Waals surface area contributed by atoms with Gasteiger partial charge in [0.1, 0.15) is 33.9 Å². The summed E-state index contributed by atoms with van der Waals surface area (Å²) in [7, 11) is 3.04. The first kappa shape index (κ1) is 15.9. The van der Waals surface area contributed by atoms with Crippen LogP contribution in [0.5, 0.6) is 11.5 Å². The van der Waals surface area contributed by atoms with Crippen molar-refractivity contribution in [2.45, 2.75) is 6.92 Å². The summed E-state index contributed by atoms with van der Waals surface area (Å²) in [6.45, 7) is 1.78. The number of allylic oxidation sites excluding steroid dienone is 1. The number of nitrogens with zero attached hydrogens (tertiary/aromatic N) is 4. The molecule has 2 N–H and O–H groups in total. The second-order valence-electron chi connectivity index (χ2n) is 4.27. The van der Waals surface area contributed by atoms with Crippen LogP contribution in [0.15, 0.2) is 38.0 Å². The molecular formula is C14H15N5O2S. The summed E-state index contributed by atoms with van der Waals surface area (Å²) in [6.07, 6.45) is 0. The number of hydrogen-bond acceptors (Lipinski definition) is 8. The smallest absolute Gasteiger partial charge is 0.148 e. The number of ether oxygens (including phenoxy) is 2. The summed E-state index contributed by atoms with van der Waals surface area (Å²) in [5, 5.41) is 18.0. The number of anilines is 1. The van der Waals surface area contributed by atoms with Gasteiger partial charge in [-0.3, -0.25) is 4.99 Å². The Morgan fingerprint density at radius 1 is 1.27 bits per heavy atom. The van der Waals surface area contributed by atoms with Crippen LogP contribution in [-0.4, -0.2) is 25.8 Å². The van der Waals surface area contributed by atoms with Gasteiger partial charge in [0.05, 0.1) is 31.5 Å². The highest BCUT2D eigenvalue weighted by molar-refractivity contribution is 8.03. The third kappa shape index (κ3) is 3.20. The molecule has 1 aromatic carbocycles. The fraction of sp³-hybridized carbons (Fsp3) is 0.286. The first-order chi connectivity index (χ1) is 10.6. The van der Waals surface area contributed by atoms with Crippen molar-refractivity contribution >= 4 is 28.8 Å². The van der Waals surface area contributed by atoms with Gasteiger partial charge in [0, 0.05) is 12.1 Å². The summed E-state index contributed by atoms with van der Waals surface area (Å²) in [4.78, 5) is 4.20. The minimum Gasteiger partial charge on any atom is -0.495 e. The fourth-order valence-electron chi connectivity index (χ4n) is 1.79. The monoisotopic (exact) mass is 317 g/mol. The third-order valence-corrected chi connectivity index (χ3v) is 3.79. The lowest BCUT2D eigenvalue weighted by Crippen LogP contribution is -2.03. The Morgan fingerprint density at radius 2 is 2.00 bits per heavy atom. The second kappa shape index (κ2) is 6.95. The molecule has 0 unspecified atom stereocenters. The van der Waals surface area contributed by atoms with Crippen LogP contribution in [0.2, 0.25) is 0 Å². The topological polar surface area (TPSA) is 105 Å². The van der Waals surface area contributed by atoms with Crippen LogP contribution in [-0.2, 0) is 0 Å². The number of nitriles is 1. The van der Waals surface area contributed by atoms with E-state index in [0.717, 1.165) is 0 Å². The van der Waals surface area contributed by atoms with Crippen molar-refractivity contribution in [2.24, 2.45) is 15.2 Å². The Morgan fingerprint density at radius 3 is 2.64 bits per heavy atom. The zero-order valence-corrected chi connectivity index (χ0v) is 13.3. The molecule has 1 heterocycles. The van der Waals surface area contributed by atoms with Crippen molar-refractivity contribution < 1.29 is 9.47 Å². The molecule has 7 nitrogen and oxygen atoms in total. The van der Waals surface area contributed by atoms with E-state index in [-0.39, 0.29) is 0 Å². The summed E-state index contributed by atoms with van der Waals surface area (Å²) in [5.41, 5.74) is 7.84. The van der Waals surface area contributed by atoms with E-state index < -0.39 is 0 Å². The molecule has 0 fully saturated rings. The summed E-state index contributed by atoms with van der Waals surface area (Å²) < 4.78 is 10.4. The van der Waals surface area contributed by atoms with E-state index in [4.69, 9.17) is 15.2 Å². The van der Waals surface area contributed by atoms with Crippen LogP contribution < -0.4 is 15.2 Å². The van der Waals surface area contributed by atoms with Gasteiger partial charge in [-0.2, -0.15) is 5.26 Å². The first-order valence-corrected chi connectivity index (χ1v) is 7.31. The maximum absolute atomic E-state index is 9.18. The minimum atomic E-state index is 0.432. The Labute approximate surface area is 132 Å². The van der Waals surface area contributed by atoms with Gasteiger partial charge >= 0.3 is 0 Å².